The molecule has 92 valence electrons. The molecule has 2 aromatic carbocycles. The summed E-state index contributed by atoms with van der Waals surface area (Å²) < 4.78 is 0. The smallest absolute Gasteiger partial charge is 0.0238 e. The fourth-order valence-corrected chi connectivity index (χ4v) is 2.07. The summed E-state index contributed by atoms with van der Waals surface area (Å²) >= 11 is 0. The number of rotatable bonds is 5. The lowest BCUT2D eigenvalue weighted by Crippen LogP contribution is -1.89. The van der Waals surface area contributed by atoms with E-state index in [1.807, 2.05) is 0 Å². The molecule has 0 fully saturated rings. The van der Waals surface area contributed by atoms with Crippen molar-refractivity contribution in [2.45, 2.75) is 25.7 Å². The van der Waals surface area contributed by atoms with Gasteiger partial charge in [0.05, 0.1) is 0 Å². The number of unbranched alkanes of at least 4 members (excludes halogenated alkanes) is 1. The van der Waals surface area contributed by atoms with Crippen LogP contribution in [0.25, 0.3) is 0 Å². The molecule has 0 heterocycles. The minimum absolute atomic E-state index is 1.09. The van der Waals surface area contributed by atoms with E-state index in [9.17, 15) is 0 Å². The van der Waals surface area contributed by atoms with Crippen LogP contribution < -0.4 is 0 Å². The molecule has 0 saturated heterocycles. The van der Waals surface area contributed by atoms with Gasteiger partial charge in [0.25, 0.3) is 0 Å². The van der Waals surface area contributed by atoms with E-state index in [0.717, 1.165) is 24.0 Å². The van der Waals surface area contributed by atoms with Gasteiger partial charge in [-0.3, -0.25) is 0 Å². The van der Waals surface area contributed by atoms with Gasteiger partial charge < -0.3 is 0 Å². The van der Waals surface area contributed by atoms with E-state index in [1.165, 1.54) is 24.0 Å². The Bertz CT molecular complexity index is 415. The van der Waals surface area contributed by atoms with E-state index in [-0.39, 0.29) is 0 Å². The normalized spacial score (nSPS) is 10.6. The van der Waals surface area contributed by atoms with Crippen LogP contribution >= 0.6 is 0 Å². The minimum atomic E-state index is 1.09. The Labute approximate surface area is 111 Å². The Morgan fingerprint density at radius 2 is 0.889 bits per heavy atom. The van der Waals surface area contributed by atoms with Crippen molar-refractivity contribution in [2.75, 3.05) is 0 Å². The highest BCUT2D eigenvalue weighted by atomic mass is 14.0. The van der Waals surface area contributed by atoms with Crippen LogP contribution in [0.15, 0.2) is 48.5 Å². The van der Waals surface area contributed by atoms with Crippen LogP contribution in [0.5, 0.6) is 0 Å². The zero-order valence-corrected chi connectivity index (χ0v) is 10.9. The number of benzene rings is 2. The third-order valence-corrected chi connectivity index (χ3v) is 3.23. The zero-order valence-electron chi connectivity index (χ0n) is 10.9. The second kappa shape index (κ2) is 6.39. The molecule has 2 aromatic rings. The third kappa shape index (κ3) is 4.03. The van der Waals surface area contributed by atoms with E-state index in [2.05, 4.69) is 62.4 Å². The topological polar surface area (TPSA) is 0 Å². The van der Waals surface area contributed by atoms with Crippen LogP contribution in [0.2, 0.25) is 0 Å². The summed E-state index contributed by atoms with van der Waals surface area (Å²) in [6.45, 7) is 7.80. The summed E-state index contributed by atoms with van der Waals surface area (Å²) in [6.07, 6.45) is 4.80. The zero-order chi connectivity index (χ0) is 12.8. The Kier molecular flexibility index (Phi) is 4.58. The standard InChI is InChI=1S/C18H20/c1-15-7-11-17(12-8-15)5-3-4-6-18-13-9-16(2)10-14-18/h7-14H,1-6H2. The summed E-state index contributed by atoms with van der Waals surface area (Å²) in [5.41, 5.74) is 5.00. The molecule has 0 saturated carbocycles. The van der Waals surface area contributed by atoms with Gasteiger partial charge in [-0.05, 0) is 61.8 Å². The van der Waals surface area contributed by atoms with Gasteiger partial charge >= 0.3 is 0 Å². The first kappa shape index (κ1) is 12.9. The van der Waals surface area contributed by atoms with Gasteiger partial charge in [0, 0.05) is 0 Å². The van der Waals surface area contributed by atoms with Crippen LogP contribution in [-0.4, -0.2) is 0 Å². The van der Waals surface area contributed by atoms with Crippen LogP contribution in [0.1, 0.15) is 35.1 Å². The van der Waals surface area contributed by atoms with Crippen molar-refractivity contribution in [1.29, 1.82) is 0 Å². The first-order chi connectivity index (χ1) is 8.74. The van der Waals surface area contributed by atoms with E-state index < -0.39 is 0 Å². The van der Waals surface area contributed by atoms with Gasteiger partial charge in [-0.2, -0.15) is 0 Å². The van der Waals surface area contributed by atoms with Crippen LogP contribution in [0.4, 0.5) is 0 Å². The minimum Gasteiger partial charge on any atom is -0.0588 e. The van der Waals surface area contributed by atoms with Crippen molar-refractivity contribution in [1.82, 2.24) is 0 Å². The quantitative estimate of drug-likeness (QED) is 0.665. The van der Waals surface area contributed by atoms with Crippen LogP contribution in [0.3, 0.4) is 0 Å². The molecule has 0 amide bonds. The van der Waals surface area contributed by atoms with E-state index in [4.69, 9.17) is 0 Å². The van der Waals surface area contributed by atoms with Crippen molar-refractivity contribution in [3.05, 3.63) is 84.6 Å². The molecule has 0 nitrogen and oxygen atoms in total. The van der Waals surface area contributed by atoms with Gasteiger partial charge in [-0.1, -0.05) is 48.5 Å². The Hall–Kier alpha value is -1.56. The lowest BCUT2D eigenvalue weighted by molar-refractivity contribution is 0.734. The van der Waals surface area contributed by atoms with Gasteiger partial charge in [-0.15, -0.1) is 0 Å². The first-order valence-electron chi connectivity index (χ1n) is 6.56. The maximum Gasteiger partial charge on any atom is -0.0238 e. The molecule has 0 unspecified atom stereocenters. The molecule has 2 rings (SSSR count). The number of hydrogen-bond donors (Lipinski definition) is 0. The highest BCUT2D eigenvalue weighted by molar-refractivity contribution is 5.25. The highest BCUT2D eigenvalue weighted by Gasteiger charge is 1.96. The van der Waals surface area contributed by atoms with Crippen LogP contribution in [-0.2, 0) is 12.8 Å². The molecule has 0 aliphatic rings. The van der Waals surface area contributed by atoms with E-state index >= 15 is 0 Å². The summed E-state index contributed by atoms with van der Waals surface area (Å²) in [5, 5.41) is 0. The lowest BCUT2D eigenvalue weighted by atomic mass is 10.0. The lowest BCUT2D eigenvalue weighted by Gasteiger charge is -2.03. The summed E-state index contributed by atoms with van der Waals surface area (Å²) in [5.74, 6) is 0. The van der Waals surface area contributed by atoms with E-state index in [1.54, 1.807) is 0 Å². The molecule has 0 heteroatoms. The van der Waals surface area contributed by atoms with Gasteiger partial charge in [0.2, 0.25) is 0 Å². The second-order valence-corrected chi connectivity index (χ2v) is 4.84. The van der Waals surface area contributed by atoms with Crippen molar-refractivity contribution < 1.29 is 0 Å². The molecule has 2 radical (unpaired) electrons. The van der Waals surface area contributed by atoms with Crippen molar-refractivity contribution >= 4 is 0 Å². The monoisotopic (exact) mass is 236 g/mol. The van der Waals surface area contributed by atoms with Gasteiger partial charge in [-0.25, -0.2) is 0 Å². The Morgan fingerprint density at radius 3 is 1.22 bits per heavy atom. The molecule has 0 aliphatic heterocycles. The molecule has 0 aromatic heterocycles. The molecular formula is C18H20. The average molecular weight is 236 g/mol. The average Bonchev–Trinajstić information content (AvgIpc) is 2.39. The van der Waals surface area contributed by atoms with Crippen LogP contribution in [0, 0.1) is 13.8 Å². The maximum atomic E-state index is 3.90. The first-order valence-corrected chi connectivity index (χ1v) is 6.56. The van der Waals surface area contributed by atoms with Gasteiger partial charge in [0.1, 0.15) is 0 Å². The Balaban J connectivity index is 1.73. The third-order valence-electron chi connectivity index (χ3n) is 3.23. The largest absolute Gasteiger partial charge is 0.0588 e. The number of aryl methyl sites for hydroxylation is 2. The van der Waals surface area contributed by atoms with E-state index in [0.29, 0.717) is 0 Å². The summed E-state index contributed by atoms with van der Waals surface area (Å²) in [4.78, 5) is 0. The molecule has 18 heavy (non-hydrogen) atoms. The maximum absolute atomic E-state index is 3.90. The molecule has 0 N–H and O–H groups in total. The highest BCUT2D eigenvalue weighted by Crippen LogP contribution is 2.11. The molecular weight excluding hydrogens is 216 g/mol. The summed E-state index contributed by atoms with van der Waals surface area (Å²) in [6, 6.07) is 17.1. The molecule has 0 atom stereocenters. The van der Waals surface area contributed by atoms with Gasteiger partial charge in [0.15, 0.2) is 0 Å². The van der Waals surface area contributed by atoms with Crippen molar-refractivity contribution in [3.63, 3.8) is 0 Å². The Morgan fingerprint density at radius 1 is 0.556 bits per heavy atom. The predicted molar refractivity (Wildman–Crippen MR) is 78.4 cm³/mol. The fraction of sp³-hybridized carbons (Fsp3) is 0.222. The fourth-order valence-electron chi connectivity index (χ4n) is 2.07. The van der Waals surface area contributed by atoms with Crippen molar-refractivity contribution in [3.8, 4) is 0 Å². The van der Waals surface area contributed by atoms with Crippen molar-refractivity contribution in [2.24, 2.45) is 0 Å². The molecule has 0 aliphatic carbocycles. The molecule has 0 bridgehead atoms. The summed E-state index contributed by atoms with van der Waals surface area (Å²) in [7, 11) is 0. The SMILES string of the molecule is [CH2]c1ccc(CCCCc2ccc([CH2])cc2)cc1. The second-order valence-electron chi connectivity index (χ2n) is 4.84. The number of hydrogen-bond acceptors (Lipinski definition) is 0. The predicted octanol–water partition coefficient (Wildman–Crippen LogP) is 4.62. The molecule has 0 spiro atoms.